The second kappa shape index (κ2) is 2.40. The van der Waals surface area contributed by atoms with E-state index in [1.807, 2.05) is 0 Å². The van der Waals surface area contributed by atoms with Crippen LogP contribution in [0.25, 0.3) is 0 Å². The highest BCUT2D eigenvalue weighted by atomic mass is 16.5. The van der Waals surface area contributed by atoms with Gasteiger partial charge in [-0.1, -0.05) is 0 Å². The molecule has 6 heteroatoms. The molecular formula is C5H6N2O4. The fourth-order valence-corrected chi connectivity index (χ4v) is 0.717. The van der Waals surface area contributed by atoms with Crippen LogP contribution in [0.3, 0.4) is 0 Å². The molecule has 0 fully saturated rings. The van der Waals surface area contributed by atoms with Crippen LogP contribution in [0.2, 0.25) is 0 Å². The number of carbonyl (C=O) groups is 2. The average molecular weight is 158 g/mol. The van der Waals surface area contributed by atoms with Crippen LogP contribution in [0, 0.1) is 0 Å². The highest BCUT2D eigenvalue weighted by Gasteiger charge is 2.41. The van der Waals surface area contributed by atoms with E-state index in [4.69, 9.17) is 10.2 Å². The van der Waals surface area contributed by atoms with Gasteiger partial charge in [0.2, 0.25) is 11.6 Å². The lowest BCUT2D eigenvalue weighted by Crippen LogP contribution is -2.50. The molecule has 6 nitrogen and oxygen atoms in total. The molecule has 1 unspecified atom stereocenters. The van der Waals surface area contributed by atoms with Gasteiger partial charge in [-0.15, -0.1) is 0 Å². The van der Waals surface area contributed by atoms with Crippen molar-refractivity contribution in [2.75, 3.05) is 0 Å². The van der Waals surface area contributed by atoms with Gasteiger partial charge in [0.15, 0.2) is 12.3 Å². The van der Waals surface area contributed by atoms with Gasteiger partial charge < -0.3 is 10.2 Å². The molecule has 0 saturated heterocycles. The lowest BCUT2D eigenvalue weighted by Gasteiger charge is -2.17. The Kier molecular flexibility index (Phi) is 1.71. The predicted octanol–water partition coefficient (Wildman–Crippen LogP) is -2.61. The Balaban J connectivity index is 2.77. The summed E-state index contributed by atoms with van der Waals surface area (Å²) in [4.78, 5) is 20.5. The monoisotopic (exact) mass is 158 g/mol. The first-order valence-electron chi connectivity index (χ1n) is 2.81. The van der Waals surface area contributed by atoms with E-state index in [-0.39, 0.29) is 6.29 Å². The van der Waals surface area contributed by atoms with Gasteiger partial charge in [0.1, 0.15) is 0 Å². The first kappa shape index (κ1) is 7.83. The Labute approximate surface area is 61.5 Å². The van der Waals surface area contributed by atoms with Gasteiger partial charge in [-0.25, -0.2) is 0 Å². The molecule has 0 amide bonds. The normalized spacial score (nSPS) is 26.2. The molecule has 0 aromatic rings. The van der Waals surface area contributed by atoms with E-state index in [0.717, 1.165) is 6.21 Å². The second-order valence-corrected chi connectivity index (χ2v) is 2.12. The minimum absolute atomic E-state index is 0.00748. The third-order valence-electron chi connectivity index (χ3n) is 1.28. The van der Waals surface area contributed by atoms with Crippen LogP contribution in [0.5, 0.6) is 0 Å². The van der Waals surface area contributed by atoms with Crippen molar-refractivity contribution in [1.82, 2.24) is 5.43 Å². The first-order valence-corrected chi connectivity index (χ1v) is 2.81. The number of nitrogens with zero attached hydrogens (tertiary/aromatic N) is 1. The highest BCUT2D eigenvalue weighted by molar-refractivity contribution is 6.28. The molecule has 0 aliphatic carbocycles. The van der Waals surface area contributed by atoms with Gasteiger partial charge >= 0.3 is 0 Å². The van der Waals surface area contributed by atoms with Crippen molar-refractivity contribution in [3.63, 3.8) is 0 Å². The van der Waals surface area contributed by atoms with Crippen molar-refractivity contribution >= 4 is 18.3 Å². The van der Waals surface area contributed by atoms with Gasteiger partial charge in [0.25, 0.3) is 0 Å². The first-order chi connectivity index (χ1) is 5.08. The molecule has 60 valence electrons. The molecule has 1 heterocycles. The molecule has 11 heavy (non-hydrogen) atoms. The van der Waals surface area contributed by atoms with Crippen molar-refractivity contribution in [2.24, 2.45) is 5.10 Å². The molecule has 0 bridgehead atoms. The van der Waals surface area contributed by atoms with E-state index in [9.17, 15) is 9.59 Å². The second-order valence-electron chi connectivity index (χ2n) is 2.12. The Morgan fingerprint density at radius 2 is 2.36 bits per heavy atom. The van der Waals surface area contributed by atoms with Crippen LogP contribution in [-0.2, 0) is 9.59 Å². The van der Waals surface area contributed by atoms with Crippen molar-refractivity contribution < 1.29 is 19.8 Å². The minimum atomic E-state index is -2.35. The molecule has 3 N–H and O–H groups in total. The van der Waals surface area contributed by atoms with Crippen LogP contribution in [0.15, 0.2) is 5.10 Å². The van der Waals surface area contributed by atoms with Gasteiger partial charge in [-0.3, -0.25) is 15.0 Å². The highest BCUT2D eigenvalue weighted by Crippen LogP contribution is 2.09. The van der Waals surface area contributed by atoms with Crippen LogP contribution in [0.1, 0.15) is 0 Å². The average Bonchev–Trinajstić information content (AvgIpc) is 2.28. The zero-order valence-electron chi connectivity index (χ0n) is 5.39. The molecule has 0 aromatic carbocycles. The number of hydrogen-bond donors (Lipinski definition) is 3. The van der Waals surface area contributed by atoms with Gasteiger partial charge in [-0.05, 0) is 0 Å². The zero-order chi connectivity index (χ0) is 8.48. The van der Waals surface area contributed by atoms with Crippen molar-refractivity contribution in [3.8, 4) is 0 Å². The summed E-state index contributed by atoms with van der Waals surface area (Å²) in [6.07, 6.45) is 0.757. The number of aldehydes is 1. The van der Waals surface area contributed by atoms with E-state index >= 15 is 0 Å². The summed E-state index contributed by atoms with van der Waals surface area (Å²) in [6.45, 7) is 0. The van der Waals surface area contributed by atoms with Crippen LogP contribution < -0.4 is 5.43 Å². The molecular weight excluding hydrogens is 152 g/mol. The Morgan fingerprint density at radius 3 is 2.73 bits per heavy atom. The lowest BCUT2D eigenvalue weighted by molar-refractivity contribution is -0.147. The van der Waals surface area contributed by atoms with Crippen LogP contribution >= 0.6 is 0 Å². The maximum absolute atomic E-state index is 10.6. The number of Topliss-reactive ketones (excluding diaryl/α,β-unsaturated/α-hetero) is 1. The summed E-state index contributed by atoms with van der Waals surface area (Å²) in [6, 6.07) is -1.38. The number of hydrogen-bond acceptors (Lipinski definition) is 6. The van der Waals surface area contributed by atoms with Crippen LogP contribution in [0.4, 0.5) is 0 Å². The van der Waals surface area contributed by atoms with Crippen molar-refractivity contribution in [3.05, 3.63) is 0 Å². The smallest absolute Gasteiger partial charge is 0.232 e. The van der Waals surface area contributed by atoms with Gasteiger partial charge in [0, 0.05) is 0 Å². The van der Waals surface area contributed by atoms with Gasteiger partial charge in [-0.2, -0.15) is 5.10 Å². The Morgan fingerprint density at radius 1 is 1.73 bits per heavy atom. The number of nitrogens with one attached hydrogen (secondary N) is 1. The Hall–Kier alpha value is -1.27. The predicted molar refractivity (Wildman–Crippen MR) is 33.7 cm³/mol. The van der Waals surface area contributed by atoms with Crippen molar-refractivity contribution in [2.45, 2.75) is 11.8 Å². The summed E-state index contributed by atoms with van der Waals surface area (Å²) in [5, 5.41) is 21.1. The number of ketones is 1. The van der Waals surface area contributed by atoms with E-state index in [0.29, 0.717) is 0 Å². The molecule has 1 rings (SSSR count). The molecule has 1 aliphatic heterocycles. The molecule has 0 radical (unpaired) electrons. The fourth-order valence-electron chi connectivity index (χ4n) is 0.717. The summed E-state index contributed by atoms with van der Waals surface area (Å²) < 4.78 is 0. The lowest BCUT2D eigenvalue weighted by atomic mass is 10.1. The largest absolute Gasteiger partial charge is 0.359 e. The molecule has 1 atom stereocenters. The topological polar surface area (TPSA) is 99.0 Å². The maximum Gasteiger partial charge on any atom is 0.232 e. The minimum Gasteiger partial charge on any atom is -0.359 e. The van der Waals surface area contributed by atoms with Gasteiger partial charge in [0.05, 0.1) is 6.21 Å². The molecule has 1 aliphatic rings. The Bertz CT molecular complexity index is 223. The third kappa shape index (κ3) is 1.26. The van der Waals surface area contributed by atoms with E-state index in [2.05, 4.69) is 10.5 Å². The van der Waals surface area contributed by atoms with Crippen LogP contribution in [-0.4, -0.2) is 40.3 Å². The van der Waals surface area contributed by atoms with E-state index < -0.39 is 17.6 Å². The zero-order valence-corrected chi connectivity index (χ0v) is 5.39. The number of rotatable bonds is 2. The number of hydrazone groups is 1. The van der Waals surface area contributed by atoms with E-state index in [1.165, 1.54) is 0 Å². The van der Waals surface area contributed by atoms with E-state index in [1.54, 1.807) is 0 Å². The standard InChI is InChI=1S/C5H6N2O4/c8-1-3(9)4-5(10,11)2-6-7-4/h1-2,4,7,10-11H. The quantitative estimate of drug-likeness (QED) is 0.232. The molecule has 0 spiro atoms. The fraction of sp³-hybridized carbons (Fsp3) is 0.400. The van der Waals surface area contributed by atoms with Crippen molar-refractivity contribution in [1.29, 1.82) is 0 Å². The summed E-state index contributed by atoms with van der Waals surface area (Å²) in [5.41, 5.74) is 2.09. The molecule has 0 aromatic heterocycles. The maximum atomic E-state index is 10.6. The third-order valence-corrected chi connectivity index (χ3v) is 1.28. The SMILES string of the molecule is O=CC(=O)C1NN=CC1(O)O. The molecule has 0 saturated carbocycles. The summed E-state index contributed by atoms with van der Waals surface area (Å²) >= 11 is 0. The summed E-state index contributed by atoms with van der Waals surface area (Å²) in [5.74, 6) is -3.30. The number of aliphatic hydroxyl groups is 2. The number of carbonyl (C=O) groups excluding carboxylic acids is 2. The summed E-state index contributed by atoms with van der Waals surface area (Å²) in [7, 11) is 0.